The first kappa shape index (κ1) is 16.8. The van der Waals surface area contributed by atoms with Crippen molar-refractivity contribution in [3.05, 3.63) is 0 Å². The molecule has 0 bridgehead atoms. The molecule has 19 heavy (non-hydrogen) atoms. The van der Waals surface area contributed by atoms with E-state index in [4.69, 9.17) is 0 Å². The van der Waals surface area contributed by atoms with Crippen molar-refractivity contribution in [1.82, 2.24) is 10.2 Å². The third kappa shape index (κ3) is 4.95. The Labute approximate surface area is 114 Å². The summed E-state index contributed by atoms with van der Waals surface area (Å²) in [6.07, 6.45) is -2.21. The van der Waals surface area contributed by atoms with Crippen LogP contribution < -0.4 is 5.32 Å². The minimum absolute atomic E-state index is 0.00747. The average Bonchev–Trinajstić information content (AvgIpc) is 2.35. The number of nitrogens with zero attached hydrogens (tertiary/aromatic N) is 1. The maximum atomic E-state index is 12.7. The molecule has 5 heteroatoms. The van der Waals surface area contributed by atoms with E-state index in [1.807, 2.05) is 13.8 Å². The Bertz CT molecular complexity index is 268. The molecule has 114 valence electrons. The molecule has 0 spiro atoms. The van der Waals surface area contributed by atoms with Crippen LogP contribution in [0.4, 0.5) is 13.2 Å². The number of rotatable bonds is 5. The zero-order chi connectivity index (χ0) is 14.6. The van der Waals surface area contributed by atoms with Crippen LogP contribution in [0.3, 0.4) is 0 Å². The van der Waals surface area contributed by atoms with Gasteiger partial charge in [-0.3, -0.25) is 4.90 Å². The molecular formula is C14H27F3N2. The second kappa shape index (κ2) is 6.93. The number of alkyl halides is 3. The van der Waals surface area contributed by atoms with Gasteiger partial charge in [-0.1, -0.05) is 40.5 Å². The summed E-state index contributed by atoms with van der Waals surface area (Å²) in [6, 6.07) is 0.166. The Morgan fingerprint density at radius 1 is 1.16 bits per heavy atom. The van der Waals surface area contributed by atoms with Crippen LogP contribution in [-0.4, -0.2) is 42.8 Å². The number of hydrogen-bond donors (Lipinski definition) is 1. The molecule has 1 rings (SSSR count). The third-order valence-electron chi connectivity index (χ3n) is 4.50. The molecule has 0 amide bonds. The number of nitrogens with one attached hydrogen (secondary N) is 1. The summed E-state index contributed by atoms with van der Waals surface area (Å²) in [7, 11) is 0. The molecule has 1 heterocycles. The maximum Gasteiger partial charge on any atom is 0.401 e. The first-order chi connectivity index (χ1) is 8.78. The van der Waals surface area contributed by atoms with Crippen LogP contribution in [0.25, 0.3) is 0 Å². The lowest BCUT2D eigenvalue weighted by atomic mass is 9.90. The number of halogens is 3. The van der Waals surface area contributed by atoms with E-state index < -0.39 is 12.7 Å². The van der Waals surface area contributed by atoms with E-state index in [9.17, 15) is 13.2 Å². The van der Waals surface area contributed by atoms with E-state index in [1.54, 1.807) is 4.90 Å². The lowest BCUT2D eigenvalue weighted by molar-refractivity contribution is -0.157. The highest BCUT2D eigenvalue weighted by Crippen LogP contribution is 2.26. The quantitative estimate of drug-likeness (QED) is 0.831. The lowest BCUT2D eigenvalue weighted by Crippen LogP contribution is -2.61. The Morgan fingerprint density at radius 2 is 1.74 bits per heavy atom. The first-order valence-corrected chi connectivity index (χ1v) is 7.32. The van der Waals surface area contributed by atoms with Crippen LogP contribution in [-0.2, 0) is 0 Å². The highest BCUT2D eigenvalue weighted by atomic mass is 19.4. The van der Waals surface area contributed by atoms with Gasteiger partial charge in [0.25, 0.3) is 0 Å². The Hall–Kier alpha value is -0.290. The Morgan fingerprint density at radius 3 is 2.21 bits per heavy atom. The zero-order valence-corrected chi connectivity index (χ0v) is 12.4. The Kier molecular flexibility index (Phi) is 6.12. The van der Waals surface area contributed by atoms with Gasteiger partial charge in [0.1, 0.15) is 0 Å². The van der Waals surface area contributed by atoms with Crippen LogP contribution in [0.15, 0.2) is 0 Å². The molecular weight excluding hydrogens is 253 g/mol. The fourth-order valence-corrected chi connectivity index (χ4v) is 2.76. The molecule has 1 N–H and O–H groups in total. The summed E-state index contributed by atoms with van der Waals surface area (Å²) in [5, 5.41) is 3.44. The van der Waals surface area contributed by atoms with Gasteiger partial charge in [-0.2, -0.15) is 13.2 Å². The molecule has 0 aromatic carbocycles. The van der Waals surface area contributed by atoms with Crippen LogP contribution in [0, 0.1) is 11.8 Å². The predicted molar refractivity (Wildman–Crippen MR) is 72.1 cm³/mol. The van der Waals surface area contributed by atoms with E-state index in [0.29, 0.717) is 19.0 Å². The van der Waals surface area contributed by atoms with Crippen LogP contribution in [0.5, 0.6) is 0 Å². The third-order valence-corrected chi connectivity index (χ3v) is 4.50. The van der Waals surface area contributed by atoms with Gasteiger partial charge in [0.2, 0.25) is 0 Å². The molecule has 0 saturated carbocycles. The zero-order valence-electron chi connectivity index (χ0n) is 12.4. The second-order valence-corrected chi connectivity index (χ2v) is 5.90. The summed E-state index contributed by atoms with van der Waals surface area (Å²) in [5.74, 6) is 0.696. The molecule has 2 nitrogen and oxygen atoms in total. The Balaban J connectivity index is 2.74. The van der Waals surface area contributed by atoms with Crippen molar-refractivity contribution in [1.29, 1.82) is 0 Å². The van der Waals surface area contributed by atoms with Crippen molar-refractivity contribution in [3.8, 4) is 0 Å². The average molecular weight is 280 g/mol. The van der Waals surface area contributed by atoms with E-state index in [1.165, 1.54) is 0 Å². The molecule has 4 unspecified atom stereocenters. The van der Waals surface area contributed by atoms with Crippen molar-refractivity contribution in [3.63, 3.8) is 0 Å². The molecule has 0 aromatic heterocycles. The predicted octanol–water partition coefficient (Wildman–Crippen LogP) is 3.28. The monoisotopic (exact) mass is 280 g/mol. The lowest BCUT2D eigenvalue weighted by Gasteiger charge is -2.44. The standard InChI is InChI=1S/C14H27F3N2/c1-5-10(3)12-8-19(9-14(15,16)17)13(7-18-12)11(4)6-2/h10-13,18H,5-9H2,1-4H3. The van der Waals surface area contributed by atoms with Gasteiger partial charge in [0, 0.05) is 25.2 Å². The maximum absolute atomic E-state index is 12.7. The molecule has 1 fully saturated rings. The summed E-state index contributed by atoms with van der Waals surface area (Å²) in [4.78, 5) is 1.64. The van der Waals surface area contributed by atoms with Gasteiger partial charge in [-0.25, -0.2) is 0 Å². The molecule has 0 aliphatic carbocycles. The van der Waals surface area contributed by atoms with Gasteiger partial charge in [0.05, 0.1) is 6.54 Å². The smallest absolute Gasteiger partial charge is 0.311 e. The summed E-state index contributed by atoms with van der Waals surface area (Å²) < 4.78 is 38.2. The van der Waals surface area contributed by atoms with E-state index in [0.717, 1.165) is 12.8 Å². The molecule has 0 aromatic rings. The highest BCUT2D eigenvalue weighted by molar-refractivity contribution is 4.91. The van der Waals surface area contributed by atoms with Crippen molar-refractivity contribution >= 4 is 0 Å². The fraction of sp³-hybridized carbons (Fsp3) is 1.00. The van der Waals surface area contributed by atoms with Crippen LogP contribution >= 0.6 is 0 Å². The molecule has 1 aliphatic rings. The fourth-order valence-electron chi connectivity index (χ4n) is 2.76. The largest absolute Gasteiger partial charge is 0.401 e. The topological polar surface area (TPSA) is 15.3 Å². The number of piperazine rings is 1. The van der Waals surface area contributed by atoms with Crippen molar-refractivity contribution < 1.29 is 13.2 Å². The van der Waals surface area contributed by atoms with Gasteiger partial charge in [-0.05, 0) is 11.8 Å². The summed E-state index contributed by atoms with van der Waals surface area (Å²) >= 11 is 0. The minimum atomic E-state index is -4.11. The van der Waals surface area contributed by atoms with Crippen molar-refractivity contribution in [2.24, 2.45) is 11.8 Å². The van der Waals surface area contributed by atoms with Crippen molar-refractivity contribution in [2.45, 2.75) is 58.8 Å². The van der Waals surface area contributed by atoms with Crippen molar-refractivity contribution in [2.75, 3.05) is 19.6 Å². The van der Waals surface area contributed by atoms with E-state index >= 15 is 0 Å². The van der Waals surface area contributed by atoms with E-state index in [2.05, 4.69) is 19.2 Å². The minimum Gasteiger partial charge on any atom is -0.311 e. The van der Waals surface area contributed by atoms with Gasteiger partial charge >= 0.3 is 6.18 Å². The molecule has 1 saturated heterocycles. The summed E-state index contributed by atoms with van der Waals surface area (Å²) in [6.45, 7) is 8.66. The molecule has 0 radical (unpaired) electrons. The number of hydrogen-bond acceptors (Lipinski definition) is 2. The van der Waals surface area contributed by atoms with Gasteiger partial charge < -0.3 is 5.32 Å². The van der Waals surface area contributed by atoms with Crippen LogP contribution in [0.1, 0.15) is 40.5 Å². The molecule has 1 aliphatic heterocycles. The highest BCUT2D eigenvalue weighted by Gasteiger charge is 2.39. The van der Waals surface area contributed by atoms with Crippen LogP contribution in [0.2, 0.25) is 0 Å². The SMILES string of the molecule is CCC(C)C1CN(CC(F)(F)F)C(C(C)CC)CN1. The second-order valence-electron chi connectivity index (χ2n) is 5.90. The summed E-state index contributed by atoms with van der Waals surface area (Å²) in [5.41, 5.74) is 0. The van der Waals surface area contributed by atoms with E-state index in [-0.39, 0.29) is 18.0 Å². The first-order valence-electron chi connectivity index (χ1n) is 7.32. The molecule has 4 atom stereocenters. The normalized spacial score (nSPS) is 29.2. The van der Waals surface area contributed by atoms with Gasteiger partial charge in [0.15, 0.2) is 0 Å². The van der Waals surface area contributed by atoms with Gasteiger partial charge in [-0.15, -0.1) is 0 Å².